The van der Waals surface area contributed by atoms with Gasteiger partial charge in [-0.15, -0.1) is 0 Å². The van der Waals surface area contributed by atoms with Gasteiger partial charge in [0.2, 0.25) is 5.43 Å². The highest BCUT2D eigenvalue weighted by Gasteiger charge is 2.01. The molecule has 1 N–H and O–H groups in total. The highest BCUT2D eigenvalue weighted by molar-refractivity contribution is 5.30. The fraction of sp³-hybridized carbons (Fsp3) is 0.417. The van der Waals surface area contributed by atoms with Crippen LogP contribution in [0.4, 0.5) is 0 Å². The molecule has 0 bridgehead atoms. The van der Waals surface area contributed by atoms with E-state index in [0.717, 1.165) is 31.2 Å². The Morgan fingerprint density at radius 3 is 2.64 bits per heavy atom. The molecular weight excluding hydrogens is 176 g/mol. The van der Waals surface area contributed by atoms with Crippen LogP contribution in [0.3, 0.4) is 0 Å². The Bertz CT molecular complexity index is 345. The largest absolute Gasteiger partial charge is 0.504 e. The van der Waals surface area contributed by atoms with E-state index in [9.17, 15) is 9.90 Å². The maximum absolute atomic E-state index is 11.2. The number of aromatic hydroxyl groups is 1. The standard InChI is InChI=1S/C12H16O2/c1-2-3-4-7-10-8-5-6-9-11(13)12(10)14/h5-6,8-9H,2-4,7H2,1H3,(H,13,14). The third-order valence-electron chi connectivity index (χ3n) is 2.24. The van der Waals surface area contributed by atoms with Crippen LogP contribution in [0.15, 0.2) is 29.1 Å². The minimum Gasteiger partial charge on any atom is -0.504 e. The second-order valence-corrected chi connectivity index (χ2v) is 3.41. The molecule has 0 aliphatic rings. The first-order valence-electron chi connectivity index (χ1n) is 5.07. The normalized spacial score (nSPS) is 10.1. The molecule has 0 spiro atoms. The molecule has 0 amide bonds. The quantitative estimate of drug-likeness (QED) is 0.744. The molecule has 0 heterocycles. The van der Waals surface area contributed by atoms with Crippen molar-refractivity contribution in [1.82, 2.24) is 0 Å². The fourth-order valence-electron chi connectivity index (χ4n) is 1.40. The molecule has 0 saturated carbocycles. The average molecular weight is 192 g/mol. The molecule has 0 aliphatic heterocycles. The van der Waals surface area contributed by atoms with Gasteiger partial charge in [0.05, 0.1) is 0 Å². The molecule has 0 fully saturated rings. The van der Waals surface area contributed by atoms with Crippen molar-refractivity contribution >= 4 is 0 Å². The summed E-state index contributed by atoms with van der Waals surface area (Å²) in [6, 6.07) is 6.65. The summed E-state index contributed by atoms with van der Waals surface area (Å²) in [5.41, 5.74) is 0.468. The average Bonchev–Trinajstić information content (AvgIpc) is 2.33. The zero-order chi connectivity index (χ0) is 10.4. The minimum atomic E-state index is -0.290. The van der Waals surface area contributed by atoms with Gasteiger partial charge in [-0.05, 0) is 24.5 Å². The van der Waals surface area contributed by atoms with Crippen LogP contribution >= 0.6 is 0 Å². The van der Waals surface area contributed by atoms with Crippen LogP contribution in [0.5, 0.6) is 5.75 Å². The molecule has 0 saturated heterocycles. The summed E-state index contributed by atoms with van der Waals surface area (Å²) in [5.74, 6) is -0.0916. The lowest BCUT2D eigenvalue weighted by Gasteiger charge is -1.99. The Hall–Kier alpha value is -1.31. The van der Waals surface area contributed by atoms with E-state index in [4.69, 9.17) is 0 Å². The Morgan fingerprint density at radius 1 is 1.21 bits per heavy atom. The molecule has 76 valence electrons. The number of rotatable bonds is 4. The summed E-state index contributed by atoms with van der Waals surface area (Å²) >= 11 is 0. The van der Waals surface area contributed by atoms with Crippen LogP contribution in [-0.4, -0.2) is 5.11 Å². The third kappa shape index (κ3) is 2.87. The minimum absolute atomic E-state index is 0.0916. The van der Waals surface area contributed by atoms with Crippen LogP contribution < -0.4 is 5.43 Å². The zero-order valence-electron chi connectivity index (χ0n) is 8.49. The molecule has 2 nitrogen and oxygen atoms in total. The predicted octanol–water partition coefficient (Wildman–Crippen LogP) is 2.49. The van der Waals surface area contributed by atoms with Crippen molar-refractivity contribution in [2.75, 3.05) is 0 Å². The van der Waals surface area contributed by atoms with Crippen LogP contribution in [0, 0.1) is 0 Å². The summed E-state index contributed by atoms with van der Waals surface area (Å²) in [5, 5.41) is 9.54. The van der Waals surface area contributed by atoms with Crippen molar-refractivity contribution in [3.63, 3.8) is 0 Å². The highest BCUT2D eigenvalue weighted by Crippen LogP contribution is 2.13. The molecule has 1 aromatic rings. The van der Waals surface area contributed by atoms with Crippen LogP contribution in [-0.2, 0) is 6.42 Å². The van der Waals surface area contributed by atoms with E-state index >= 15 is 0 Å². The van der Waals surface area contributed by atoms with Gasteiger partial charge in [-0.25, -0.2) is 0 Å². The van der Waals surface area contributed by atoms with E-state index < -0.39 is 0 Å². The molecule has 1 aromatic carbocycles. The first-order valence-corrected chi connectivity index (χ1v) is 5.07. The van der Waals surface area contributed by atoms with Gasteiger partial charge in [-0.3, -0.25) is 4.79 Å². The third-order valence-corrected chi connectivity index (χ3v) is 2.24. The van der Waals surface area contributed by atoms with Gasteiger partial charge in [-0.1, -0.05) is 38.0 Å². The molecule has 0 atom stereocenters. The lowest BCUT2D eigenvalue weighted by molar-refractivity contribution is 0.462. The van der Waals surface area contributed by atoms with Crippen molar-refractivity contribution in [3.8, 4) is 5.75 Å². The van der Waals surface area contributed by atoms with Gasteiger partial charge in [0.25, 0.3) is 0 Å². The van der Waals surface area contributed by atoms with Gasteiger partial charge >= 0.3 is 0 Å². The predicted molar refractivity (Wildman–Crippen MR) is 57.6 cm³/mol. The Morgan fingerprint density at radius 2 is 1.93 bits per heavy atom. The van der Waals surface area contributed by atoms with Crippen molar-refractivity contribution < 1.29 is 5.11 Å². The van der Waals surface area contributed by atoms with Gasteiger partial charge < -0.3 is 5.11 Å². The summed E-state index contributed by atoms with van der Waals surface area (Å²) < 4.78 is 0. The van der Waals surface area contributed by atoms with Gasteiger partial charge in [0, 0.05) is 0 Å². The number of hydrogen-bond donors (Lipinski definition) is 1. The molecule has 0 aromatic heterocycles. The zero-order valence-corrected chi connectivity index (χ0v) is 8.49. The van der Waals surface area contributed by atoms with E-state index in [2.05, 4.69) is 6.92 Å². The van der Waals surface area contributed by atoms with E-state index in [1.165, 1.54) is 6.07 Å². The smallest absolute Gasteiger partial charge is 0.220 e. The molecule has 0 unspecified atom stereocenters. The maximum atomic E-state index is 11.2. The Balaban J connectivity index is 2.82. The summed E-state index contributed by atoms with van der Waals surface area (Å²) in [6.07, 6.45) is 4.08. The second-order valence-electron chi connectivity index (χ2n) is 3.41. The van der Waals surface area contributed by atoms with E-state index in [1.807, 2.05) is 6.07 Å². The van der Waals surface area contributed by atoms with E-state index in [0.29, 0.717) is 0 Å². The van der Waals surface area contributed by atoms with Gasteiger partial charge in [-0.2, -0.15) is 0 Å². The topological polar surface area (TPSA) is 37.3 Å². The van der Waals surface area contributed by atoms with Crippen molar-refractivity contribution in [2.24, 2.45) is 0 Å². The Labute approximate surface area is 84.2 Å². The van der Waals surface area contributed by atoms with Crippen LogP contribution in [0.1, 0.15) is 31.7 Å². The molecule has 0 radical (unpaired) electrons. The number of unbranched alkanes of at least 4 members (excludes halogenated alkanes) is 2. The highest BCUT2D eigenvalue weighted by atomic mass is 16.3. The summed E-state index contributed by atoms with van der Waals surface area (Å²) in [6.45, 7) is 2.13. The first-order chi connectivity index (χ1) is 6.75. The molecule has 1 rings (SSSR count). The van der Waals surface area contributed by atoms with E-state index in [-0.39, 0.29) is 11.2 Å². The monoisotopic (exact) mass is 192 g/mol. The van der Waals surface area contributed by atoms with Gasteiger partial charge in [0.15, 0.2) is 5.75 Å². The lowest BCUT2D eigenvalue weighted by Crippen LogP contribution is -1.96. The van der Waals surface area contributed by atoms with Crippen LogP contribution in [0.2, 0.25) is 0 Å². The van der Waals surface area contributed by atoms with Crippen molar-refractivity contribution in [3.05, 3.63) is 40.1 Å². The molecule has 14 heavy (non-hydrogen) atoms. The number of hydrogen-bond acceptors (Lipinski definition) is 2. The maximum Gasteiger partial charge on any atom is 0.220 e. The Kier molecular flexibility index (Phi) is 4.17. The molecule has 2 heteroatoms. The lowest BCUT2D eigenvalue weighted by atomic mass is 10.1. The fourth-order valence-corrected chi connectivity index (χ4v) is 1.40. The summed E-state index contributed by atoms with van der Waals surface area (Å²) in [4.78, 5) is 11.2. The summed E-state index contributed by atoms with van der Waals surface area (Å²) in [7, 11) is 0. The van der Waals surface area contributed by atoms with Gasteiger partial charge in [0.1, 0.15) is 0 Å². The van der Waals surface area contributed by atoms with E-state index in [1.54, 1.807) is 12.1 Å². The van der Waals surface area contributed by atoms with Crippen molar-refractivity contribution in [2.45, 2.75) is 32.6 Å². The SMILES string of the molecule is CCCCCc1ccccc(=O)c1O. The van der Waals surface area contributed by atoms with Crippen molar-refractivity contribution in [1.29, 1.82) is 0 Å². The number of aryl methyl sites for hydroxylation is 1. The van der Waals surface area contributed by atoms with Crippen LogP contribution in [0.25, 0.3) is 0 Å². The molecule has 0 aliphatic carbocycles. The second kappa shape index (κ2) is 5.43. The molecular formula is C12H16O2. The first kappa shape index (κ1) is 10.8.